The molecule has 0 radical (unpaired) electrons. The fourth-order valence-electron chi connectivity index (χ4n) is 1.95. The summed E-state index contributed by atoms with van der Waals surface area (Å²) in [5.41, 5.74) is 5.61. The molecule has 4 heteroatoms. The highest BCUT2D eigenvalue weighted by Crippen LogP contribution is 2.27. The number of aliphatic hydroxyl groups excluding tert-OH is 1. The Hall–Kier alpha value is -0.610. The molecule has 0 aromatic rings. The van der Waals surface area contributed by atoms with Gasteiger partial charge in [0.15, 0.2) is 0 Å². The molecule has 1 fully saturated rings. The first-order valence-corrected chi connectivity index (χ1v) is 5.80. The first-order chi connectivity index (χ1) is 7.09. The van der Waals surface area contributed by atoms with Crippen LogP contribution in [0.3, 0.4) is 0 Å². The monoisotopic (exact) mass is 214 g/mol. The highest BCUT2D eigenvalue weighted by atomic mass is 16.3. The molecular weight excluding hydrogens is 192 g/mol. The Morgan fingerprint density at radius 3 is 2.67 bits per heavy atom. The van der Waals surface area contributed by atoms with Crippen molar-refractivity contribution in [1.82, 2.24) is 5.32 Å². The van der Waals surface area contributed by atoms with Crippen molar-refractivity contribution in [2.45, 2.75) is 51.2 Å². The molecule has 2 unspecified atom stereocenters. The van der Waals surface area contributed by atoms with Crippen molar-refractivity contribution < 1.29 is 9.90 Å². The second-order valence-electron chi connectivity index (χ2n) is 4.56. The molecule has 0 spiro atoms. The van der Waals surface area contributed by atoms with Crippen LogP contribution in [0.25, 0.3) is 0 Å². The molecule has 0 saturated heterocycles. The van der Waals surface area contributed by atoms with Crippen molar-refractivity contribution in [2.75, 3.05) is 6.54 Å². The molecular formula is C11H22N2O2. The number of amides is 1. The largest absolute Gasteiger partial charge is 0.392 e. The minimum absolute atomic E-state index is 0.0676. The zero-order chi connectivity index (χ0) is 11.3. The Morgan fingerprint density at radius 2 is 2.13 bits per heavy atom. The van der Waals surface area contributed by atoms with Crippen molar-refractivity contribution in [3.05, 3.63) is 0 Å². The van der Waals surface area contributed by atoms with Gasteiger partial charge in [-0.2, -0.15) is 0 Å². The van der Waals surface area contributed by atoms with Crippen LogP contribution in [0.2, 0.25) is 0 Å². The Bertz CT molecular complexity index is 201. The van der Waals surface area contributed by atoms with E-state index >= 15 is 0 Å². The summed E-state index contributed by atoms with van der Waals surface area (Å²) in [6, 6.07) is -0.363. The molecule has 4 N–H and O–H groups in total. The molecule has 2 atom stereocenters. The van der Waals surface area contributed by atoms with Gasteiger partial charge in [-0.05, 0) is 25.7 Å². The third-order valence-electron chi connectivity index (χ3n) is 3.10. The average molecular weight is 214 g/mol. The van der Waals surface area contributed by atoms with Gasteiger partial charge in [0.05, 0.1) is 6.10 Å². The van der Waals surface area contributed by atoms with Crippen LogP contribution in [0.15, 0.2) is 0 Å². The van der Waals surface area contributed by atoms with Gasteiger partial charge in [0.2, 0.25) is 5.91 Å². The van der Waals surface area contributed by atoms with Crippen molar-refractivity contribution in [3.63, 3.8) is 0 Å². The molecule has 15 heavy (non-hydrogen) atoms. The molecule has 1 aliphatic rings. The number of carbonyl (C=O) groups is 1. The lowest BCUT2D eigenvalue weighted by atomic mass is 10.0. The molecule has 1 rings (SSSR count). The first-order valence-electron chi connectivity index (χ1n) is 5.80. The molecule has 4 nitrogen and oxygen atoms in total. The van der Waals surface area contributed by atoms with Crippen molar-refractivity contribution in [3.8, 4) is 0 Å². The van der Waals surface area contributed by atoms with Crippen molar-refractivity contribution in [1.29, 1.82) is 0 Å². The van der Waals surface area contributed by atoms with Crippen LogP contribution in [0.5, 0.6) is 0 Å². The Kier molecular flexibility index (Phi) is 5.05. The zero-order valence-corrected chi connectivity index (χ0v) is 9.41. The molecule has 0 aromatic carbocycles. The van der Waals surface area contributed by atoms with E-state index in [1.165, 1.54) is 25.7 Å². The normalized spacial score (nSPS) is 21.3. The smallest absolute Gasteiger partial charge is 0.220 e. The third kappa shape index (κ3) is 4.62. The van der Waals surface area contributed by atoms with E-state index in [0.717, 1.165) is 0 Å². The van der Waals surface area contributed by atoms with E-state index < -0.39 is 6.10 Å². The molecule has 1 saturated carbocycles. The second-order valence-corrected chi connectivity index (χ2v) is 4.56. The maximum absolute atomic E-state index is 11.5. The second kappa shape index (κ2) is 6.08. The summed E-state index contributed by atoms with van der Waals surface area (Å²) in [5, 5.41) is 11.9. The van der Waals surface area contributed by atoms with Crippen LogP contribution in [0, 0.1) is 5.92 Å². The van der Waals surface area contributed by atoms with Gasteiger partial charge >= 0.3 is 0 Å². The minimum atomic E-state index is -0.572. The van der Waals surface area contributed by atoms with E-state index in [0.29, 0.717) is 18.9 Å². The summed E-state index contributed by atoms with van der Waals surface area (Å²) in [6.07, 6.45) is 4.91. The number of nitrogens with one attached hydrogen (secondary N) is 1. The number of aliphatic hydroxyl groups is 1. The van der Waals surface area contributed by atoms with Crippen LogP contribution < -0.4 is 11.1 Å². The van der Waals surface area contributed by atoms with Gasteiger partial charge in [0.1, 0.15) is 0 Å². The van der Waals surface area contributed by atoms with Crippen molar-refractivity contribution >= 4 is 5.91 Å². The zero-order valence-electron chi connectivity index (χ0n) is 9.41. The Morgan fingerprint density at radius 1 is 1.53 bits per heavy atom. The van der Waals surface area contributed by atoms with Gasteiger partial charge in [-0.1, -0.05) is 12.8 Å². The number of rotatable bonds is 5. The Labute approximate surface area is 91.2 Å². The van der Waals surface area contributed by atoms with Crippen LogP contribution in [0.4, 0.5) is 0 Å². The van der Waals surface area contributed by atoms with Gasteiger partial charge in [-0.25, -0.2) is 0 Å². The lowest BCUT2D eigenvalue weighted by Gasteiger charge is -2.16. The van der Waals surface area contributed by atoms with Crippen molar-refractivity contribution in [2.24, 2.45) is 11.7 Å². The number of hydrogen-bond acceptors (Lipinski definition) is 3. The van der Waals surface area contributed by atoms with Gasteiger partial charge in [0, 0.05) is 19.0 Å². The van der Waals surface area contributed by atoms with E-state index in [-0.39, 0.29) is 11.9 Å². The summed E-state index contributed by atoms with van der Waals surface area (Å²) in [7, 11) is 0. The number of nitrogens with two attached hydrogens (primary N) is 1. The van der Waals surface area contributed by atoms with E-state index in [4.69, 9.17) is 10.8 Å². The topological polar surface area (TPSA) is 75.3 Å². The molecule has 0 aromatic heterocycles. The van der Waals surface area contributed by atoms with E-state index in [9.17, 15) is 4.79 Å². The molecule has 0 heterocycles. The van der Waals surface area contributed by atoms with E-state index in [2.05, 4.69) is 5.32 Å². The highest BCUT2D eigenvalue weighted by molar-refractivity contribution is 5.76. The molecule has 0 aliphatic heterocycles. The fraction of sp³-hybridized carbons (Fsp3) is 0.909. The fourth-order valence-corrected chi connectivity index (χ4v) is 1.95. The third-order valence-corrected chi connectivity index (χ3v) is 3.10. The van der Waals surface area contributed by atoms with Crippen LogP contribution in [-0.4, -0.2) is 29.7 Å². The standard InChI is InChI=1S/C11H22N2O2/c1-8(14)10(12)7-13-11(15)6-9-4-2-3-5-9/h8-10,14H,2-7,12H2,1H3,(H,13,15). The summed E-state index contributed by atoms with van der Waals surface area (Å²) in [5.74, 6) is 0.630. The van der Waals surface area contributed by atoms with Gasteiger partial charge in [0.25, 0.3) is 0 Å². The molecule has 0 bridgehead atoms. The molecule has 1 aliphatic carbocycles. The number of hydrogen-bond donors (Lipinski definition) is 3. The van der Waals surface area contributed by atoms with Crippen LogP contribution in [0.1, 0.15) is 39.0 Å². The van der Waals surface area contributed by atoms with Gasteiger partial charge in [-0.15, -0.1) is 0 Å². The van der Waals surface area contributed by atoms with Crippen LogP contribution in [-0.2, 0) is 4.79 Å². The Balaban J connectivity index is 2.12. The van der Waals surface area contributed by atoms with Gasteiger partial charge in [-0.3, -0.25) is 4.79 Å². The molecule has 88 valence electrons. The number of carbonyl (C=O) groups excluding carboxylic acids is 1. The first kappa shape index (κ1) is 12.5. The summed E-state index contributed by atoms with van der Waals surface area (Å²) < 4.78 is 0. The quantitative estimate of drug-likeness (QED) is 0.619. The lowest BCUT2D eigenvalue weighted by molar-refractivity contribution is -0.122. The summed E-state index contributed by atoms with van der Waals surface area (Å²) >= 11 is 0. The lowest BCUT2D eigenvalue weighted by Crippen LogP contribution is -2.43. The summed E-state index contributed by atoms with van der Waals surface area (Å²) in [4.78, 5) is 11.5. The van der Waals surface area contributed by atoms with E-state index in [1.807, 2.05) is 0 Å². The highest BCUT2D eigenvalue weighted by Gasteiger charge is 2.19. The molecule has 1 amide bonds. The van der Waals surface area contributed by atoms with Crippen LogP contribution >= 0.6 is 0 Å². The minimum Gasteiger partial charge on any atom is -0.392 e. The maximum atomic E-state index is 11.5. The van der Waals surface area contributed by atoms with Gasteiger partial charge < -0.3 is 16.2 Å². The predicted molar refractivity (Wildman–Crippen MR) is 59.2 cm³/mol. The SMILES string of the molecule is CC(O)C(N)CNC(=O)CC1CCCC1. The average Bonchev–Trinajstić information content (AvgIpc) is 2.66. The maximum Gasteiger partial charge on any atom is 0.220 e. The summed E-state index contributed by atoms with van der Waals surface area (Å²) in [6.45, 7) is 2.00. The predicted octanol–water partition coefficient (Wildman–Crippen LogP) is 0.391. The van der Waals surface area contributed by atoms with E-state index in [1.54, 1.807) is 6.92 Å².